The first kappa shape index (κ1) is 45.9. The molecule has 3 aliphatic heterocycles. The van der Waals surface area contributed by atoms with E-state index in [4.69, 9.17) is 9.73 Å². The third-order valence-corrected chi connectivity index (χ3v) is 16.2. The number of fused-ring (bicyclic) bond motifs is 5. The summed E-state index contributed by atoms with van der Waals surface area (Å²) in [6, 6.07) is 18.5. The molecule has 7 aromatic rings. The summed E-state index contributed by atoms with van der Waals surface area (Å²) in [5.74, 6) is -0.260. The van der Waals surface area contributed by atoms with E-state index in [2.05, 4.69) is 44.8 Å². The van der Waals surface area contributed by atoms with Crippen molar-refractivity contribution in [1.29, 1.82) is 0 Å². The predicted octanol–water partition coefficient (Wildman–Crippen LogP) is 6.89. The first-order valence-electron chi connectivity index (χ1n) is 22.9. The third-order valence-electron chi connectivity index (χ3n) is 14.0. The summed E-state index contributed by atoms with van der Waals surface area (Å²) in [4.78, 5) is 67.6. The zero-order valence-electron chi connectivity index (χ0n) is 39.5. The summed E-state index contributed by atoms with van der Waals surface area (Å²) in [6.45, 7) is 13.5. The van der Waals surface area contributed by atoms with Crippen LogP contribution in [0.1, 0.15) is 90.2 Å². The zero-order chi connectivity index (χ0) is 48.6. The highest BCUT2D eigenvalue weighted by molar-refractivity contribution is 7.15. The van der Waals surface area contributed by atoms with Crippen LogP contribution in [0, 0.1) is 33.1 Å². The Hall–Kier alpha value is -6.89. The lowest BCUT2D eigenvalue weighted by Gasteiger charge is -2.32. The van der Waals surface area contributed by atoms with Gasteiger partial charge < -0.3 is 25.4 Å². The van der Waals surface area contributed by atoms with Gasteiger partial charge in [-0.15, -0.1) is 32.9 Å². The van der Waals surface area contributed by atoms with Crippen LogP contribution < -0.4 is 10.6 Å². The number of amides is 3. The van der Waals surface area contributed by atoms with Crippen LogP contribution in [0.2, 0.25) is 0 Å². The third kappa shape index (κ3) is 8.03. The number of nitrogens with one attached hydrogen (secondary N) is 2. The van der Waals surface area contributed by atoms with Gasteiger partial charge in [-0.05, 0) is 74.6 Å². The molecule has 4 aromatic heterocycles. The highest BCUT2D eigenvalue weighted by atomic mass is 32.1. The predicted molar refractivity (Wildman–Crippen MR) is 263 cm³/mol. The van der Waals surface area contributed by atoms with Crippen molar-refractivity contribution in [3.63, 3.8) is 0 Å². The molecule has 0 spiro atoms. The molecule has 6 atom stereocenters. The number of aliphatic hydroxyl groups is 1. The van der Waals surface area contributed by atoms with E-state index in [-0.39, 0.29) is 37.3 Å². The molecule has 3 aliphatic rings. The van der Waals surface area contributed by atoms with Gasteiger partial charge in [-0.2, -0.15) is 5.10 Å². The van der Waals surface area contributed by atoms with Crippen LogP contribution in [0.25, 0.3) is 37.5 Å². The molecule has 2 fully saturated rings. The highest BCUT2D eigenvalue weighted by Gasteiger charge is 2.63. The topological polar surface area (TPSA) is 199 Å². The molecular formula is C51H52N10O6S2. The van der Waals surface area contributed by atoms with Gasteiger partial charge in [-0.25, -0.2) is 4.98 Å². The molecule has 0 radical (unpaired) electrons. The first-order chi connectivity index (χ1) is 33.0. The molecule has 354 valence electrons. The average Bonchev–Trinajstić information content (AvgIpc) is 4.18. The van der Waals surface area contributed by atoms with Crippen molar-refractivity contribution in [1.82, 2.24) is 45.1 Å². The van der Waals surface area contributed by atoms with E-state index in [1.807, 2.05) is 111 Å². The molecule has 0 bridgehead atoms. The van der Waals surface area contributed by atoms with E-state index in [9.17, 15) is 24.3 Å². The van der Waals surface area contributed by atoms with E-state index in [0.717, 1.165) is 70.5 Å². The monoisotopic (exact) mass is 964 g/mol. The Balaban J connectivity index is 0.822. The lowest BCUT2D eigenvalue weighted by Crippen LogP contribution is -2.51. The van der Waals surface area contributed by atoms with Gasteiger partial charge in [-0.3, -0.25) is 33.4 Å². The van der Waals surface area contributed by atoms with E-state index in [0.29, 0.717) is 17.2 Å². The number of hydrogen-bond donors (Lipinski definition) is 3. The second-order valence-electron chi connectivity index (χ2n) is 18.8. The van der Waals surface area contributed by atoms with Crippen molar-refractivity contribution >= 4 is 63.0 Å². The maximum absolute atomic E-state index is 14.2. The number of carbonyl (C=O) groups excluding carboxylic acids is 4. The maximum atomic E-state index is 14.2. The standard InChI is InChI=1S/C51H52N10O6S2/c1-25-28(4)69-50-42(25)43(54-37(20-41(64)67-8)47-57-56-29(5)60(47)50)32-13-11-31(12-14-32)34-17-18-36-35(19-34)22-59(58-36)23-40(63)55-45-49(66)61-38(21-39(62)46(61)51(45,6)7)48(65)53-26(2)30-9-15-33(16-10-30)44-27(3)52-24-68-44/h9-19,22,24,26,37-39,45-46,62H,20-21,23H2,1-8H3,(H,53,65)(H,55,63)/t26-,37-,38?,39+,45+,46?/m0/s1. The number of aliphatic imine (C=N–C) groups is 1. The van der Waals surface area contributed by atoms with Gasteiger partial charge >= 0.3 is 5.97 Å². The maximum Gasteiger partial charge on any atom is 0.308 e. The van der Waals surface area contributed by atoms with Crippen molar-refractivity contribution in [3.05, 3.63) is 123 Å². The minimum atomic E-state index is -0.967. The van der Waals surface area contributed by atoms with Crippen LogP contribution in [0.5, 0.6) is 0 Å². The minimum absolute atomic E-state index is 0.0190. The van der Waals surface area contributed by atoms with E-state index in [1.54, 1.807) is 33.6 Å². The average molecular weight is 965 g/mol. The molecule has 10 rings (SSSR count). The number of rotatable bonds is 11. The molecular weight excluding hydrogens is 913 g/mol. The second-order valence-corrected chi connectivity index (χ2v) is 20.9. The fourth-order valence-electron chi connectivity index (χ4n) is 10.3. The van der Waals surface area contributed by atoms with Gasteiger partial charge in [0.2, 0.25) is 17.7 Å². The van der Waals surface area contributed by atoms with E-state index in [1.165, 1.54) is 12.0 Å². The molecule has 3 aromatic carbocycles. The minimum Gasteiger partial charge on any atom is -0.469 e. The Kier molecular flexibility index (Phi) is 11.7. The quantitative estimate of drug-likeness (QED) is 0.115. The Morgan fingerprint density at radius 1 is 0.957 bits per heavy atom. The van der Waals surface area contributed by atoms with Crippen LogP contribution >= 0.6 is 22.7 Å². The number of esters is 1. The van der Waals surface area contributed by atoms with E-state index < -0.39 is 47.5 Å². The number of hydrogen-bond acceptors (Lipinski definition) is 13. The molecule has 2 saturated heterocycles. The number of benzene rings is 3. The van der Waals surface area contributed by atoms with Crippen LogP contribution in [0.3, 0.4) is 0 Å². The van der Waals surface area contributed by atoms with Gasteiger partial charge in [-0.1, -0.05) is 68.4 Å². The Morgan fingerprint density at radius 3 is 2.38 bits per heavy atom. The van der Waals surface area contributed by atoms with Gasteiger partial charge in [0.15, 0.2) is 5.82 Å². The summed E-state index contributed by atoms with van der Waals surface area (Å²) in [6.07, 6.45) is 0.970. The molecule has 3 N–H and O–H groups in total. The molecule has 18 heteroatoms. The number of carbonyl (C=O) groups is 4. The zero-order valence-corrected chi connectivity index (χ0v) is 41.1. The lowest BCUT2D eigenvalue weighted by atomic mass is 9.78. The lowest BCUT2D eigenvalue weighted by molar-refractivity contribution is -0.141. The first-order valence-corrected chi connectivity index (χ1v) is 24.6. The van der Waals surface area contributed by atoms with Crippen LogP contribution in [0.4, 0.5) is 0 Å². The van der Waals surface area contributed by atoms with Crippen LogP contribution in [-0.2, 0) is 30.5 Å². The summed E-state index contributed by atoms with van der Waals surface area (Å²) in [5, 5.41) is 32.6. The Morgan fingerprint density at radius 2 is 1.67 bits per heavy atom. The summed E-state index contributed by atoms with van der Waals surface area (Å²) in [7, 11) is 1.37. The fraction of sp³-hybridized carbons (Fsp3) is 0.353. The molecule has 69 heavy (non-hydrogen) atoms. The summed E-state index contributed by atoms with van der Waals surface area (Å²) in [5.41, 5.74) is 10.2. The number of aliphatic hydroxyl groups excluding tert-OH is 1. The summed E-state index contributed by atoms with van der Waals surface area (Å²) >= 11 is 3.23. The number of thiazole rings is 1. The van der Waals surface area contributed by atoms with Crippen LogP contribution in [0.15, 0.2) is 83.4 Å². The van der Waals surface area contributed by atoms with Gasteiger partial charge in [0.1, 0.15) is 35.5 Å². The number of thiophene rings is 1. The van der Waals surface area contributed by atoms with Gasteiger partial charge in [0.05, 0.1) is 59.0 Å². The smallest absolute Gasteiger partial charge is 0.308 e. The Bertz CT molecular complexity index is 3220. The number of aryl methyl sites for hydroxylation is 3. The summed E-state index contributed by atoms with van der Waals surface area (Å²) < 4.78 is 8.60. The number of aromatic nitrogens is 6. The SMILES string of the molecule is COC(=O)C[C@@H]1N=C(c2ccc(-c3ccc4nn(CC(=O)N[C@@H]5C(=O)N6C(C(=O)N[C@@H](C)c7ccc(-c8scnc8C)cc7)C[C@@H](O)C6C5(C)C)cc4c3)cc2)c2c(sc(C)c2C)-n2c(C)nnc21. The molecule has 16 nitrogen and oxygen atoms in total. The van der Waals surface area contributed by atoms with Crippen molar-refractivity contribution in [3.8, 4) is 26.6 Å². The number of ether oxygens (including phenoxy) is 1. The number of nitrogens with zero attached hydrogens (tertiary/aromatic N) is 8. The molecule has 2 unspecified atom stereocenters. The van der Waals surface area contributed by atoms with Gasteiger partial charge in [0, 0.05) is 39.4 Å². The van der Waals surface area contributed by atoms with Crippen molar-refractivity contribution in [2.24, 2.45) is 10.4 Å². The normalized spacial score (nSPS) is 20.8. The number of methoxy groups -OCH3 is 1. The highest BCUT2D eigenvalue weighted by Crippen LogP contribution is 2.46. The molecule has 7 heterocycles. The second kappa shape index (κ2) is 17.6. The van der Waals surface area contributed by atoms with Crippen LogP contribution in [-0.4, -0.2) is 100 Å². The van der Waals surface area contributed by atoms with Gasteiger partial charge in [0.25, 0.3) is 0 Å². The molecule has 0 saturated carbocycles. The fourth-order valence-corrected chi connectivity index (χ4v) is 12.3. The van der Waals surface area contributed by atoms with E-state index >= 15 is 0 Å². The van der Waals surface area contributed by atoms with Crippen molar-refractivity contribution in [2.45, 2.75) is 104 Å². The largest absolute Gasteiger partial charge is 0.469 e. The molecule has 0 aliphatic carbocycles. The van der Waals surface area contributed by atoms with Crippen molar-refractivity contribution < 1.29 is 29.0 Å². The Labute approximate surface area is 406 Å². The van der Waals surface area contributed by atoms with Crippen molar-refractivity contribution in [2.75, 3.05) is 7.11 Å². The molecule has 3 amide bonds.